The van der Waals surface area contributed by atoms with Crippen molar-refractivity contribution in [1.29, 1.82) is 0 Å². The average Bonchev–Trinajstić information content (AvgIpc) is 2.88. The molecule has 0 fully saturated rings. The SMILES string of the molecule is CCC(Nc1cc(N)cc(OC(C)C)c1)c1ncc[nH]1. The summed E-state index contributed by atoms with van der Waals surface area (Å²) in [5.74, 6) is 1.69. The fraction of sp³-hybridized carbons (Fsp3) is 0.400. The van der Waals surface area contributed by atoms with Gasteiger partial charge in [-0.1, -0.05) is 6.92 Å². The van der Waals surface area contributed by atoms with E-state index in [1.165, 1.54) is 0 Å². The van der Waals surface area contributed by atoms with Crippen LogP contribution in [0.1, 0.15) is 39.1 Å². The maximum atomic E-state index is 5.93. The highest BCUT2D eigenvalue weighted by Gasteiger charge is 2.12. The minimum absolute atomic E-state index is 0.122. The van der Waals surface area contributed by atoms with E-state index in [-0.39, 0.29) is 12.1 Å². The van der Waals surface area contributed by atoms with Crippen molar-refractivity contribution in [3.63, 3.8) is 0 Å². The Morgan fingerprint density at radius 3 is 2.75 bits per heavy atom. The molecule has 0 spiro atoms. The van der Waals surface area contributed by atoms with Crippen molar-refractivity contribution in [2.75, 3.05) is 11.1 Å². The highest BCUT2D eigenvalue weighted by molar-refractivity contribution is 5.59. The van der Waals surface area contributed by atoms with Crippen LogP contribution in [0.15, 0.2) is 30.6 Å². The van der Waals surface area contributed by atoms with Gasteiger partial charge in [0.05, 0.1) is 12.1 Å². The molecule has 1 unspecified atom stereocenters. The van der Waals surface area contributed by atoms with E-state index in [1.807, 2.05) is 38.2 Å². The average molecular weight is 274 g/mol. The summed E-state index contributed by atoms with van der Waals surface area (Å²) >= 11 is 0. The number of H-pyrrole nitrogens is 1. The summed E-state index contributed by atoms with van der Waals surface area (Å²) < 4.78 is 5.70. The lowest BCUT2D eigenvalue weighted by Crippen LogP contribution is -2.12. The lowest BCUT2D eigenvalue weighted by molar-refractivity contribution is 0.242. The Kier molecular flexibility index (Phi) is 4.50. The highest BCUT2D eigenvalue weighted by atomic mass is 16.5. The van der Waals surface area contributed by atoms with E-state index in [4.69, 9.17) is 10.5 Å². The van der Waals surface area contributed by atoms with Crippen molar-refractivity contribution in [1.82, 2.24) is 9.97 Å². The van der Waals surface area contributed by atoms with Gasteiger partial charge in [-0.2, -0.15) is 0 Å². The Labute approximate surface area is 119 Å². The highest BCUT2D eigenvalue weighted by Crippen LogP contribution is 2.27. The van der Waals surface area contributed by atoms with E-state index in [9.17, 15) is 0 Å². The summed E-state index contributed by atoms with van der Waals surface area (Å²) in [4.78, 5) is 7.43. The third kappa shape index (κ3) is 3.66. The molecule has 0 aliphatic carbocycles. The maximum absolute atomic E-state index is 5.93. The van der Waals surface area contributed by atoms with Gasteiger partial charge in [0.15, 0.2) is 0 Å². The molecule has 1 heterocycles. The van der Waals surface area contributed by atoms with Crippen molar-refractivity contribution in [3.8, 4) is 5.75 Å². The predicted octanol–water partition coefficient (Wildman–Crippen LogP) is 3.34. The molecule has 0 amide bonds. The van der Waals surface area contributed by atoms with Crippen LogP contribution in [-0.4, -0.2) is 16.1 Å². The van der Waals surface area contributed by atoms with Crippen molar-refractivity contribution >= 4 is 11.4 Å². The number of nitrogens with zero attached hydrogens (tertiary/aromatic N) is 1. The minimum Gasteiger partial charge on any atom is -0.491 e. The number of nitrogens with one attached hydrogen (secondary N) is 2. The molecule has 5 nitrogen and oxygen atoms in total. The molecular weight excluding hydrogens is 252 g/mol. The summed E-state index contributed by atoms with van der Waals surface area (Å²) in [6.07, 6.45) is 4.62. The number of anilines is 2. The lowest BCUT2D eigenvalue weighted by atomic mass is 10.2. The van der Waals surface area contributed by atoms with Gasteiger partial charge in [0, 0.05) is 35.9 Å². The molecule has 0 aliphatic rings. The zero-order chi connectivity index (χ0) is 14.5. The molecule has 1 aromatic heterocycles. The van der Waals surface area contributed by atoms with Crippen LogP contribution in [-0.2, 0) is 0 Å². The first-order chi connectivity index (χ1) is 9.58. The number of imidazole rings is 1. The summed E-state index contributed by atoms with van der Waals surface area (Å²) in [6.45, 7) is 6.10. The van der Waals surface area contributed by atoms with Crippen LogP contribution in [0.2, 0.25) is 0 Å². The summed E-state index contributed by atoms with van der Waals surface area (Å²) in [6, 6.07) is 5.82. The Bertz CT molecular complexity index is 537. The fourth-order valence-corrected chi connectivity index (χ4v) is 2.08. The van der Waals surface area contributed by atoms with Crippen LogP contribution in [0.4, 0.5) is 11.4 Å². The summed E-state index contributed by atoms with van der Waals surface area (Å²) in [5.41, 5.74) is 7.54. The number of ether oxygens (including phenoxy) is 1. The molecule has 5 heteroatoms. The smallest absolute Gasteiger partial charge is 0.128 e. The van der Waals surface area contributed by atoms with Gasteiger partial charge in [-0.05, 0) is 26.3 Å². The zero-order valence-corrected chi connectivity index (χ0v) is 12.2. The number of hydrogen-bond donors (Lipinski definition) is 3. The summed E-state index contributed by atoms with van der Waals surface area (Å²) in [5, 5.41) is 3.43. The van der Waals surface area contributed by atoms with Gasteiger partial charge in [0.25, 0.3) is 0 Å². The van der Waals surface area contributed by atoms with E-state index in [2.05, 4.69) is 22.2 Å². The molecule has 1 atom stereocenters. The van der Waals surface area contributed by atoms with Crippen LogP contribution >= 0.6 is 0 Å². The molecule has 0 aliphatic heterocycles. The minimum atomic E-state index is 0.122. The second kappa shape index (κ2) is 6.32. The number of benzene rings is 1. The van der Waals surface area contributed by atoms with E-state index >= 15 is 0 Å². The fourth-order valence-electron chi connectivity index (χ4n) is 2.08. The zero-order valence-electron chi connectivity index (χ0n) is 12.2. The second-order valence-corrected chi connectivity index (χ2v) is 5.04. The molecule has 108 valence electrons. The van der Waals surface area contributed by atoms with Crippen molar-refractivity contribution < 1.29 is 4.74 Å². The number of hydrogen-bond acceptors (Lipinski definition) is 4. The Morgan fingerprint density at radius 2 is 2.15 bits per heavy atom. The lowest BCUT2D eigenvalue weighted by Gasteiger charge is -2.18. The molecule has 2 aromatic rings. The first-order valence-electron chi connectivity index (χ1n) is 6.91. The Morgan fingerprint density at radius 1 is 1.35 bits per heavy atom. The van der Waals surface area contributed by atoms with Crippen LogP contribution < -0.4 is 15.8 Å². The van der Waals surface area contributed by atoms with Gasteiger partial charge in [0.2, 0.25) is 0 Å². The number of aromatic amines is 1. The quantitative estimate of drug-likeness (QED) is 0.706. The normalized spacial score (nSPS) is 12.4. The first kappa shape index (κ1) is 14.2. The topological polar surface area (TPSA) is 76.0 Å². The Balaban J connectivity index is 2.17. The molecule has 2 rings (SSSR count). The van der Waals surface area contributed by atoms with E-state index in [1.54, 1.807) is 6.20 Å². The largest absolute Gasteiger partial charge is 0.491 e. The molecule has 0 saturated heterocycles. The number of nitrogens with two attached hydrogens (primary N) is 1. The standard InChI is InChI=1S/C15H22N4O/c1-4-14(15-17-5-6-18-15)19-12-7-11(16)8-13(9-12)20-10(2)3/h5-10,14,19H,4,16H2,1-3H3,(H,17,18). The molecule has 1 aromatic carbocycles. The van der Waals surface area contributed by atoms with E-state index in [0.29, 0.717) is 5.69 Å². The maximum Gasteiger partial charge on any atom is 0.128 e. The number of rotatable bonds is 6. The van der Waals surface area contributed by atoms with E-state index < -0.39 is 0 Å². The van der Waals surface area contributed by atoms with Gasteiger partial charge in [-0.25, -0.2) is 4.98 Å². The molecule has 4 N–H and O–H groups in total. The van der Waals surface area contributed by atoms with Crippen LogP contribution in [0.3, 0.4) is 0 Å². The monoisotopic (exact) mass is 274 g/mol. The third-order valence-electron chi connectivity index (χ3n) is 2.90. The van der Waals surface area contributed by atoms with E-state index in [0.717, 1.165) is 23.7 Å². The van der Waals surface area contributed by atoms with Crippen LogP contribution in [0.5, 0.6) is 5.75 Å². The van der Waals surface area contributed by atoms with Crippen molar-refractivity contribution in [3.05, 3.63) is 36.4 Å². The van der Waals surface area contributed by atoms with Crippen LogP contribution in [0.25, 0.3) is 0 Å². The van der Waals surface area contributed by atoms with Crippen molar-refractivity contribution in [2.45, 2.75) is 39.3 Å². The summed E-state index contributed by atoms with van der Waals surface area (Å²) in [7, 11) is 0. The van der Waals surface area contributed by atoms with Gasteiger partial charge in [-0.15, -0.1) is 0 Å². The predicted molar refractivity (Wildman–Crippen MR) is 81.9 cm³/mol. The Hall–Kier alpha value is -2.17. The van der Waals surface area contributed by atoms with Crippen molar-refractivity contribution in [2.24, 2.45) is 0 Å². The second-order valence-electron chi connectivity index (χ2n) is 5.04. The van der Waals surface area contributed by atoms with Gasteiger partial charge in [0.1, 0.15) is 11.6 Å². The number of aromatic nitrogens is 2. The molecular formula is C15H22N4O. The van der Waals surface area contributed by atoms with Crippen LogP contribution in [0, 0.1) is 0 Å². The third-order valence-corrected chi connectivity index (χ3v) is 2.90. The molecule has 20 heavy (non-hydrogen) atoms. The number of nitrogen functional groups attached to an aromatic ring is 1. The molecule has 0 saturated carbocycles. The first-order valence-corrected chi connectivity index (χ1v) is 6.91. The van der Waals surface area contributed by atoms with Gasteiger partial charge < -0.3 is 20.8 Å². The molecule has 0 bridgehead atoms. The molecule has 0 radical (unpaired) electrons. The van der Waals surface area contributed by atoms with Gasteiger partial charge in [-0.3, -0.25) is 0 Å². The van der Waals surface area contributed by atoms with Gasteiger partial charge >= 0.3 is 0 Å².